The van der Waals surface area contributed by atoms with E-state index >= 15 is 0 Å². The van der Waals surface area contributed by atoms with Crippen molar-refractivity contribution in [2.45, 2.75) is 0 Å². The molecule has 6 N–H and O–H groups in total. The van der Waals surface area contributed by atoms with Gasteiger partial charge in [-0.2, -0.15) is 0 Å². The zero-order chi connectivity index (χ0) is 7.44. The van der Waals surface area contributed by atoms with Crippen molar-refractivity contribution in [3.8, 4) is 0 Å². The summed E-state index contributed by atoms with van der Waals surface area (Å²) in [6.07, 6.45) is 1.27. The molecule has 0 aliphatic rings. The molecule has 0 aromatic rings. The quantitative estimate of drug-likeness (QED) is 0.390. The lowest BCUT2D eigenvalue weighted by Crippen LogP contribution is -2.04. The van der Waals surface area contributed by atoms with E-state index in [1.165, 1.54) is 6.08 Å². The van der Waals surface area contributed by atoms with Crippen LogP contribution in [0.3, 0.4) is 0 Å². The molecule has 0 unspecified atom stereocenters. The molecule has 0 amide bonds. The Morgan fingerprint density at radius 1 is 1.11 bits per heavy atom. The molecule has 3 nitrogen and oxygen atoms in total. The molecule has 0 heterocycles. The van der Waals surface area contributed by atoms with Crippen LogP contribution in [-0.4, -0.2) is 0 Å². The van der Waals surface area contributed by atoms with Crippen molar-refractivity contribution in [2.75, 3.05) is 0 Å². The molecular formula is C4H7Cl2N3. The normalized spacial score (nSPS) is 15.1. The summed E-state index contributed by atoms with van der Waals surface area (Å²) in [5, 5.41) is 0.0368. The van der Waals surface area contributed by atoms with Crippen LogP contribution in [0.1, 0.15) is 0 Å². The Bertz CT molecular complexity index is 153. The van der Waals surface area contributed by atoms with Gasteiger partial charge in [-0.3, -0.25) is 0 Å². The molecule has 0 aromatic heterocycles. The predicted molar refractivity (Wildman–Crippen MR) is 39.4 cm³/mol. The molecular weight excluding hydrogens is 161 g/mol. The minimum Gasteiger partial charge on any atom is -0.396 e. The van der Waals surface area contributed by atoms with Crippen molar-refractivity contribution >= 4 is 23.2 Å². The van der Waals surface area contributed by atoms with E-state index in [0.29, 0.717) is 0 Å². The highest BCUT2D eigenvalue weighted by molar-refractivity contribution is 6.30. The van der Waals surface area contributed by atoms with Crippen LogP contribution in [0, 0.1) is 0 Å². The Labute approximate surface area is 63.1 Å². The van der Waals surface area contributed by atoms with Crippen molar-refractivity contribution in [1.29, 1.82) is 0 Å². The van der Waals surface area contributed by atoms with Crippen LogP contribution >= 0.6 is 23.2 Å². The van der Waals surface area contributed by atoms with Crippen LogP contribution in [0.15, 0.2) is 22.1 Å². The lowest BCUT2D eigenvalue weighted by atomic mass is 10.5. The molecule has 0 fully saturated rings. The topological polar surface area (TPSA) is 78.1 Å². The fraction of sp³-hybridized carbons (Fsp3) is 0. The highest BCUT2D eigenvalue weighted by Gasteiger charge is 1.90. The second kappa shape index (κ2) is 3.48. The number of nitrogens with two attached hydrogens (primary N) is 3. The maximum Gasteiger partial charge on any atom is 0.123 e. The van der Waals surface area contributed by atoms with E-state index in [9.17, 15) is 0 Å². The molecule has 0 radical (unpaired) electrons. The predicted octanol–water partition coefficient (Wildman–Crippen LogP) is 0.351. The lowest BCUT2D eigenvalue weighted by Gasteiger charge is -1.92. The van der Waals surface area contributed by atoms with E-state index in [0.717, 1.165) is 0 Å². The summed E-state index contributed by atoms with van der Waals surface area (Å²) in [4.78, 5) is 0. The van der Waals surface area contributed by atoms with Gasteiger partial charge in [0.2, 0.25) is 0 Å². The SMILES string of the molecule is N/C(Cl)=C(N)\C=C(/N)Cl. The van der Waals surface area contributed by atoms with Crippen LogP contribution in [-0.2, 0) is 0 Å². The van der Waals surface area contributed by atoms with Crippen molar-refractivity contribution in [3.63, 3.8) is 0 Å². The second-order valence-electron chi connectivity index (χ2n) is 1.33. The summed E-state index contributed by atoms with van der Waals surface area (Å²) < 4.78 is 0. The number of hydrogen-bond acceptors (Lipinski definition) is 3. The fourth-order valence-electron chi connectivity index (χ4n) is 0.217. The van der Waals surface area contributed by atoms with Gasteiger partial charge in [-0.25, -0.2) is 0 Å². The summed E-state index contributed by atoms with van der Waals surface area (Å²) in [6, 6.07) is 0. The average molecular weight is 168 g/mol. The van der Waals surface area contributed by atoms with Gasteiger partial charge in [0.05, 0.1) is 5.70 Å². The van der Waals surface area contributed by atoms with Crippen LogP contribution in [0.5, 0.6) is 0 Å². The van der Waals surface area contributed by atoms with Crippen molar-refractivity contribution in [3.05, 3.63) is 22.1 Å². The smallest absolute Gasteiger partial charge is 0.123 e. The number of halogens is 2. The first-order chi connectivity index (χ1) is 4.04. The maximum absolute atomic E-state index is 5.25. The molecule has 0 spiro atoms. The van der Waals surface area contributed by atoms with E-state index in [1.807, 2.05) is 0 Å². The van der Waals surface area contributed by atoms with Crippen LogP contribution in [0.25, 0.3) is 0 Å². The number of hydrogen-bond donors (Lipinski definition) is 3. The molecule has 5 heteroatoms. The van der Waals surface area contributed by atoms with Crippen molar-refractivity contribution in [2.24, 2.45) is 17.2 Å². The van der Waals surface area contributed by atoms with Gasteiger partial charge in [0.1, 0.15) is 10.3 Å². The Morgan fingerprint density at radius 2 is 1.56 bits per heavy atom. The average Bonchev–Trinajstić information content (AvgIpc) is 1.63. The first-order valence-electron chi connectivity index (χ1n) is 2.07. The third kappa shape index (κ3) is 4.00. The fourth-order valence-corrected chi connectivity index (χ4v) is 0.390. The van der Waals surface area contributed by atoms with E-state index in [4.69, 9.17) is 40.4 Å². The van der Waals surface area contributed by atoms with Gasteiger partial charge in [0, 0.05) is 0 Å². The Kier molecular flexibility index (Phi) is 3.27. The highest BCUT2D eigenvalue weighted by atomic mass is 35.5. The maximum atomic E-state index is 5.25. The van der Waals surface area contributed by atoms with E-state index in [-0.39, 0.29) is 16.0 Å². The van der Waals surface area contributed by atoms with Gasteiger partial charge in [-0.15, -0.1) is 0 Å². The van der Waals surface area contributed by atoms with Gasteiger partial charge in [-0.05, 0) is 6.08 Å². The standard InChI is InChI=1S/C4H7Cl2N3/c5-3(8)1-2(7)4(6)9/h1H,7-9H2/b3-1-,4-2+. The third-order valence-corrected chi connectivity index (χ3v) is 0.896. The second-order valence-corrected chi connectivity index (χ2v) is 2.18. The molecule has 0 atom stereocenters. The summed E-state index contributed by atoms with van der Waals surface area (Å²) >= 11 is 10.5. The highest BCUT2D eigenvalue weighted by Crippen LogP contribution is 2.00. The Balaban J connectivity index is 4.25. The summed E-state index contributed by atoms with van der Waals surface area (Å²) in [6.45, 7) is 0. The monoisotopic (exact) mass is 167 g/mol. The van der Waals surface area contributed by atoms with E-state index < -0.39 is 0 Å². The van der Waals surface area contributed by atoms with Crippen molar-refractivity contribution in [1.82, 2.24) is 0 Å². The van der Waals surface area contributed by atoms with Gasteiger partial charge >= 0.3 is 0 Å². The van der Waals surface area contributed by atoms with Crippen LogP contribution < -0.4 is 17.2 Å². The molecule has 0 aliphatic carbocycles. The molecule has 0 saturated carbocycles. The zero-order valence-corrected chi connectivity index (χ0v) is 6.08. The molecule has 0 aromatic carbocycles. The molecule has 9 heavy (non-hydrogen) atoms. The largest absolute Gasteiger partial charge is 0.396 e. The van der Waals surface area contributed by atoms with Gasteiger partial charge in [-0.1, -0.05) is 23.2 Å². The first-order valence-corrected chi connectivity index (χ1v) is 2.83. The van der Waals surface area contributed by atoms with E-state index in [1.54, 1.807) is 0 Å². The molecule has 0 rings (SSSR count). The van der Waals surface area contributed by atoms with Crippen LogP contribution in [0.4, 0.5) is 0 Å². The summed E-state index contributed by atoms with van der Waals surface area (Å²) in [5.41, 5.74) is 15.4. The number of allylic oxidation sites excluding steroid dienone is 1. The minimum absolute atomic E-state index is 0.0152. The minimum atomic E-state index is -0.0152. The zero-order valence-electron chi connectivity index (χ0n) is 4.57. The third-order valence-electron chi connectivity index (χ3n) is 0.569. The molecule has 0 saturated heterocycles. The first kappa shape index (κ1) is 8.46. The Hall–Kier alpha value is -0.540. The van der Waals surface area contributed by atoms with Gasteiger partial charge in [0.25, 0.3) is 0 Å². The van der Waals surface area contributed by atoms with Gasteiger partial charge < -0.3 is 17.2 Å². The summed E-state index contributed by atoms with van der Waals surface area (Å²) in [5.74, 6) is 0. The van der Waals surface area contributed by atoms with Gasteiger partial charge in [0.15, 0.2) is 0 Å². The number of rotatable bonds is 1. The van der Waals surface area contributed by atoms with Crippen molar-refractivity contribution < 1.29 is 0 Å². The van der Waals surface area contributed by atoms with E-state index in [2.05, 4.69) is 0 Å². The molecule has 0 aliphatic heterocycles. The lowest BCUT2D eigenvalue weighted by molar-refractivity contribution is 1.31. The summed E-state index contributed by atoms with van der Waals surface area (Å²) in [7, 11) is 0. The molecule has 0 bridgehead atoms. The Morgan fingerprint density at radius 3 is 1.67 bits per heavy atom. The van der Waals surface area contributed by atoms with Crippen LogP contribution in [0.2, 0.25) is 0 Å². The molecule has 52 valence electrons.